The Balaban J connectivity index is 1.35. The molecule has 0 N–H and O–H groups in total. The van der Waals surface area contributed by atoms with Crippen molar-refractivity contribution >= 4 is 43.4 Å². The van der Waals surface area contributed by atoms with E-state index < -0.39 is 0 Å². The summed E-state index contributed by atoms with van der Waals surface area (Å²) in [5.74, 6) is 0.305. The Morgan fingerprint density at radius 1 is 0.500 bits per heavy atom. The normalized spacial score (nSPS) is 11.8. The highest BCUT2D eigenvalue weighted by Crippen LogP contribution is 2.46. The lowest BCUT2D eigenvalue weighted by Crippen LogP contribution is -1.93. The number of halogens is 1. The van der Waals surface area contributed by atoms with Gasteiger partial charge in [0.15, 0.2) is 5.58 Å². The third-order valence-corrected chi connectivity index (χ3v) is 9.43. The molecule has 0 fully saturated rings. The molecular formula is C43H28FNO. The fraction of sp³-hybridized carbons (Fsp3) is 0.0465. The van der Waals surface area contributed by atoms with Gasteiger partial charge in [0.25, 0.3) is 0 Å². The van der Waals surface area contributed by atoms with Crippen molar-refractivity contribution in [1.29, 1.82) is 0 Å². The Labute approximate surface area is 265 Å². The second kappa shape index (κ2) is 10.1. The zero-order valence-electron chi connectivity index (χ0n) is 25.4. The number of fused-ring (bicyclic) bond motifs is 1. The zero-order valence-corrected chi connectivity index (χ0v) is 25.4. The van der Waals surface area contributed by atoms with Crippen LogP contribution in [0.2, 0.25) is 0 Å². The van der Waals surface area contributed by atoms with Crippen molar-refractivity contribution in [2.24, 2.45) is 0 Å². The molecule has 9 aromatic rings. The van der Waals surface area contributed by atoms with E-state index in [4.69, 9.17) is 9.40 Å². The van der Waals surface area contributed by atoms with E-state index in [0.29, 0.717) is 11.5 Å². The molecule has 0 saturated carbocycles. The Morgan fingerprint density at radius 3 is 1.91 bits per heavy atom. The van der Waals surface area contributed by atoms with Gasteiger partial charge in [-0.25, -0.2) is 9.37 Å². The van der Waals surface area contributed by atoms with Gasteiger partial charge in [0.05, 0.1) is 0 Å². The van der Waals surface area contributed by atoms with E-state index in [1.165, 1.54) is 60.8 Å². The highest BCUT2D eigenvalue weighted by atomic mass is 19.1. The molecular weight excluding hydrogens is 565 g/mol. The molecule has 0 amide bonds. The first kappa shape index (κ1) is 26.6. The van der Waals surface area contributed by atoms with E-state index in [2.05, 4.69) is 105 Å². The molecule has 0 aliphatic rings. The summed E-state index contributed by atoms with van der Waals surface area (Å²) < 4.78 is 20.5. The number of hydrogen-bond donors (Lipinski definition) is 0. The van der Waals surface area contributed by atoms with E-state index in [1.54, 1.807) is 12.1 Å². The van der Waals surface area contributed by atoms with Crippen LogP contribution in [-0.2, 0) is 0 Å². The lowest BCUT2D eigenvalue weighted by atomic mass is 9.84. The molecule has 1 aromatic heterocycles. The van der Waals surface area contributed by atoms with Gasteiger partial charge in [-0.05, 0) is 121 Å². The van der Waals surface area contributed by atoms with Crippen molar-refractivity contribution in [2.75, 3.05) is 0 Å². The van der Waals surface area contributed by atoms with Gasteiger partial charge in [-0.1, -0.05) is 103 Å². The van der Waals surface area contributed by atoms with Gasteiger partial charge in [-0.3, -0.25) is 0 Å². The van der Waals surface area contributed by atoms with Crippen LogP contribution in [0.1, 0.15) is 11.1 Å². The lowest BCUT2D eigenvalue weighted by molar-refractivity contribution is 0.620. The molecule has 46 heavy (non-hydrogen) atoms. The molecule has 0 saturated heterocycles. The average Bonchev–Trinajstić information content (AvgIpc) is 3.51. The van der Waals surface area contributed by atoms with Crippen LogP contribution < -0.4 is 0 Å². The van der Waals surface area contributed by atoms with Gasteiger partial charge in [-0.2, -0.15) is 0 Å². The average molecular weight is 594 g/mol. The summed E-state index contributed by atoms with van der Waals surface area (Å²) in [5, 5.41) is 7.20. The van der Waals surface area contributed by atoms with E-state index in [-0.39, 0.29) is 5.82 Å². The molecule has 9 rings (SSSR count). The van der Waals surface area contributed by atoms with Gasteiger partial charge < -0.3 is 4.42 Å². The number of hydrogen-bond acceptors (Lipinski definition) is 2. The van der Waals surface area contributed by atoms with E-state index in [0.717, 1.165) is 33.2 Å². The predicted octanol–water partition coefficient (Wildman–Crippen LogP) is 12.1. The topological polar surface area (TPSA) is 26.0 Å². The molecule has 0 atom stereocenters. The summed E-state index contributed by atoms with van der Waals surface area (Å²) in [4.78, 5) is 5.05. The lowest BCUT2D eigenvalue weighted by Gasteiger charge is -2.19. The minimum Gasteiger partial charge on any atom is -0.436 e. The highest BCUT2D eigenvalue weighted by molar-refractivity contribution is 6.29. The van der Waals surface area contributed by atoms with Crippen LogP contribution in [0.4, 0.5) is 4.39 Å². The molecule has 8 aromatic carbocycles. The second-order valence-corrected chi connectivity index (χ2v) is 12.2. The maximum absolute atomic E-state index is 14.0. The first-order valence-electron chi connectivity index (χ1n) is 15.6. The predicted molar refractivity (Wildman–Crippen MR) is 189 cm³/mol. The number of oxazole rings is 1. The van der Waals surface area contributed by atoms with Crippen LogP contribution >= 0.6 is 0 Å². The van der Waals surface area contributed by atoms with Crippen LogP contribution in [0.3, 0.4) is 0 Å². The maximum atomic E-state index is 14.0. The monoisotopic (exact) mass is 593 g/mol. The summed E-state index contributed by atoms with van der Waals surface area (Å²) in [6.45, 7) is 4.34. The molecule has 0 radical (unpaired) electrons. The molecule has 1 heterocycles. The van der Waals surface area contributed by atoms with E-state index in [9.17, 15) is 4.39 Å². The summed E-state index contributed by atoms with van der Waals surface area (Å²) in [5.41, 5.74) is 11.4. The van der Waals surface area contributed by atoms with Gasteiger partial charge in [0, 0.05) is 5.56 Å². The smallest absolute Gasteiger partial charge is 0.227 e. The van der Waals surface area contributed by atoms with Crippen molar-refractivity contribution in [1.82, 2.24) is 4.98 Å². The van der Waals surface area contributed by atoms with Crippen LogP contribution in [0.15, 0.2) is 138 Å². The molecule has 218 valence electrons. The number of aryl methyl sites for hydroxylation is 2. The van der Waals surface area contributed by atoms with Gasteiger partial charge in [0.1, 0.15) is 11.3 Å². The van der Waals surface area contributed by atoms with Crippen LogP contribution in [0.5, 0.6) is 0 Å². The summed E-state index contributed by atoms with van der Waals surface area (Å²) in [7, 11) is 0. The van der Waals surface area contributed by atoms with E-state index in [1.807, 2.05) is 24.3 Å². The SMILES string of the molecule is Cc1ccccc1-c1ccc2ccc3c(-c4ccccc4C)cc(-c4nc5cc(-c6cccc(F)c6)ccc5o4)c4ccc1c2c43. The third-order valence-electron chi connectivity index (χ3n) is 9.43. The number of rotatable bonds is 4. The summed E-state index contributed by atoms with van der Waals surface area (Å²) in [6.07, 6.45) is 0. The molecule has 0 spiro atoms. The van der Waals surface area contributed by atoms with Gasteiger partial charge >= 0.3 is 0 Å². The second-order valence-electron chi connectivity index (χ2n) is 12.2. The number of aromatic nitrogens is 1. The zero-order chi connectivity index (χ0) is 30.9. The van der Waals surface area contributed by atoms with Crippen molar-refractivity contribution in [3.05, 3.63) is 150 Å². The maximum Gasteiger partial charge on any atom is 0.227 e. The number of benzene rings is 8. The molecule has 0 unspecified atom stereocenters. The van der Waals surface area contributed by atoms with Crippen molar-refractivity contribution < 1.29 is 8.81 Å². The molecule has 3 heteroatoms. The largest absolute Gasteiger partial charge is 0.436 e. The minimum atomic E-state index is -0.263. The fourth-order valence-corrected chi connectivity index (χ4v) is 7.17. The standard InChI is InChI=1S/C43H28FNO/c1-25-8-3-5-12-31(25)33-17-14-27-15-18-35-37(32-13-6-4-9-26(32)2)24-38(36-20-19-34(33)41(27)42(35)36)43-45-39-23-29(16-21-40(39)46-43)28-10-7-11-30(44)22-28/h3-24H,1-2H3. The first-order valence-corrected chi connectivity index (χ1v) is 15.6. The fourth-order valence-electron chi connectivity index (χ4n) is 7.17. The van der Waals surface area contributed by atoms with Crippen LogP contribution in [-0.4, -0.2) is 4.98 Å². The Hall–Kier alpha value is -5.80. The third kappa shape index (κ3) is 4.05. The molecule has 0 aliphatic carbocycles. The minimum absolute atomic E-state index is 0.263. The Bertz CT molecular complexity index is 2630. The quantitative estimate of drug-likeness (QED) is 0.190. The Morgan fingerprint density at radius 2 is 1.15 bits per heavy atom. The van der Waals surface area contributed by atoms with Crippen LogP contribution in [0.25, 0.3) is 88.3 Å². The van der Waals surface area contributed by atoms with Crippen molar-refractivity contribution in [3.63, 3.8) is 0 Å². The van der Waals surface area contributed by atoms with Crippen molar-refractivity contribution in [3.8, 4) is 44.8 Å². The highest BCUT2D eigenvalue weighted by Gasteiger charge is 2.21. The van der Waals surface area contributed by atoms with Crippen LogP contribution in [0, 0.1) is 19.7 Å². The van der Waals surface area contributed by atoms with Crippen molar-refractivity contribution in [2.45, 2.75) is 13.8 Å². The molecule has 2 nitrogen and oxygen atoms in total. The summed E-state index contributed by atoms with van der Waals surface area (Å²) in [6, 6.07) is 45.4. The van der Waals surface area contributed by atoms with Gasteiger partial charge in [0.2, 0.25) is 5.89 Å². The summed E-state index contributed by atoms with van der Waals surface area (Å²) >= 11 is 0. The Kier molecular flexibility index (Phi) is 5.85. The van der Waals surface area contributed by atoms with E-state index >= 15 is 0 Å². The molecule has 0 bridgehead atoms. The first-order chi connectivity index (χ1) is 22.5. The van der Waals surface area contributed by atoms with Gasteiger partial charge in [-0.15, -0.1) is 0 Å². The molecule has 0 aliphatic heterocycles. The number of nitrogens with zero attached hydrogens (tertiary/aromatic N) is 1.